The smallest absolute Gasteiger partial charge is 0.254 e. The number of rotatable bonds is 7. The van der Waals surface area contributed by atoms with Crippen molar-refractivity contribution in [2.24, 2.45) is 0 Å². The molecule has 22 heavy (non-hydrogen) atoms. The molecule has 0 aliphatic carbocycles. The highest BCUT2D eigenvalue weighted by Gasteiger charge is 2.23. The quantitative estimate of drug-likeness (QED) is 0.776. The highest BCUT2D eigenvalue weighted by Crippen LogP contribution is 2.18. The maximum Gasteiger partial charge on any atom is 0.254 e. The molecule has 122 valence electrons. The third-order valence-corrected chi connectivity index (χ3v) is 4.03. The molecule has 1 aromatic carbocycles. The number of methoxy groups -OCH3 is 1. The Hall–Kier alpha value is -1.39. The van der Waals surface area contributed by atoms with Gasteiger partial charge in [-0.15, -0.1) is 0 Å². The van der Waals surface area contributed by atoms with E-state index in [9.17, 15) is 4.79 Å². The summed E-state index contributed by atoms with van der Waals surface area (Å²) in [5, 5.41) is 0. The Morgan fingerprint density at radius 2 is 2.18 bits per heavy atom. The van der Waals surface area contributed by atoms with Crippen LogP contribution >= 0.6 is 0 Å². The van der Waals surface area contributed by atoms with Crippen LogP contribution in [0.2, 0.25) is 0 Å². The fraction of sp³-hybridized carbons (Fsp3) is 0.611. The van der Waals surface area contributed by atoms with Gasteiger partial charge < -0.3 is 14.4 Å². The van der Waals surface area contributed by atoms with E-state index >= 15 is 0 Å². The number of benzene rings is 1. The summed E-state index contributed by atoms with van der Waals surface area (Å²) in [6.07, 6.45) is 4.50. The van der Waals surface area contributed by atoms with Gasteiger partial charge in [0.05, 0.1) is 12.7 Å². The second-order valence-corrected chi connectivity index (χ2v) is 5.83. The molecule has 1 atom stereocenters. The summed E-state index contributed by atoms with van der Waals surface area (Å²) in [4.78, 5) is 14.9. The van der Waals surface area contributed by atoms with E-state index in [0.717, 1.165) is 43.5 Å². The van der Waals surface area contributed by atoms with Gasteiger partial charge in [-0.1, -0.05) is 25.1 Å². The molecule has 1 aliphatic rings. The molecule has 0 bridgehead atoms. The summed E-state index contributed by atoms with van der Waals surface area (Å²) in [7, 11) is 1.65. The first-order valence-electron chi connectivity index (χ1n) is 8.24. The van der Waals surface area contributed by atoms with Crippen LogP contribution in [0.1, 0.15) is 48.5 Å². The zero-order valence-electron chi connectivity index (χ0n) is 13.7. The molecule has 1 aliphatic heterocycles. The fourth-order valence-corrected chi connectivity index (χ4v) is 2.92. The second kappa shape index (κ2) is 8.91. The first kappa shape index (κ1) is 17.0. The van der Waals surface area contributed by atoms with Crippen molar-refractivity contribution in [1.29, 1.82) is 0 Å². The summed E-state index contributed by atoms with van der Waals surface area (Å²) >= 11 is 0. The van der Waals surface area contributed by atoms with Crippen LogP contribution in [-0.2, 0) is 16.1 Å². The molecule has 2 rings (SSSR count). The van der Waals surface area contributed by atoms with Gasteiger partial charge in [0.2, 0.25) is 0 Å². The number of carbonyl (C=O) groups excluding carboxylic acids is 1. The topological polar surface area (TPSA) is 38.8 Å². The molecule has 1 unspecified atom stereocenters. The molecule has 1 amide bonds. The highest BCUT2D eigenvalue weighted by atomic mass is 16.5. The number of hydrogen-bond donors (Lipinski definition) is 0. The van der Waals surface area contributed by atoms with Gasteiger partial charge in [-0.3, -0.25) is 4.79 Å². The van der Waals surface area contributed by atoms with E-state index in [4.69, 9.17) is 9.47 Å². The van der Waals surface area contributed by atoms with Crippen molar-refractivity contribution in [3.8, 4) is 0 Å². The Morgan fingerprint density at radius 1 is 1.36 bits per heavy atom. The first-order valence-corrected chi connectivity index (χ1v) is 8.24. The fourth-order valence-electron chi connectivity index (χ4n) is 2.92. The van der Waals surface area contributed by atoms with Crippen molar-refractivity contribution >= 4 is 5.91 Å². The lowest BCUT2D eigenvalue weighted by atomic mass is 10.0. The summed E-state index contributed by atoms with van der Waals surface area (Å²) in [5.74, 6) is 0.0867. The van der Waals surface area contributed by atoms with Gasteiger partial charge in [0.1, 0.15) is 0 Å². The molecule has 0 radical (unpaired) electrons. The van der Waals surface area contributed by atoms with Gasteiger partial charge in [-0.2, -0.15) is 0 Å². The Labute approximate surface area is 133 Å². The molecular formula is C18H27NO3. The molecule has 1 fully saturated rings. The normalized spacial score (nSPS) is 18.2. The SMILES string of the molecule is CCCN(CC1CCCCO1)C(=O)c1ccccc1COC. The van der Waals surface area contributed by atoms with Crippen LogP contribution in [0.25, 0.3) is 0 Å². The Balaban J connectivity index is 2.11. The largest absolute Gasteiger partial charge is 0.380 e. The Bertz CT molecular complexity index is 469. The van der Waals surface area contributed by atoms with E-state index in [1.54, 1.807) is 7.11 Å². The van der Waals surface area contributed by atoms with Crippen molar-refractivity contribution in [3.63, 3.8) is 0 Å². The second-order valence-electron chi connectivity index (χ2n) is 5.83. The van der Waals surface area contributed by atoms with Gasteiger partial charge in [0.15, 0.2) is 0 Å². The number of nitrogens with zero attached hydrogens (tertiary/aromatic N) is 1. The third kappa shape index (κ3) is 4.55. The summed E-state index contributed by atoms with van der Waals surface area (Å²) < 4.78 is 11.0. The predicted molar refractivity (Wildman–Crippen MR) is 86.9 cm³/mol. The molecule has 0 spiro atoms. The average Bonchev–Trinajstić information content (AvgIpc) is 2.56. The maximum atomic E-state index is 12.9. The lowest BCUT2D eigenvalue weighted by Crippen LogP contribution is -2.40. The minimum Gasteiger partial charge on any atom is -0.380 e. The van der Waals surface area contributed by atoms with E-state index in [-0.39, 0.29) is 12.0 Å². The molecule has 0 N–H and O–H groups in total. The minimum atomic E-state index is 0.0867. The van der Waals surface area contributed by atoms with Gasteiger partial charge in [0.25, 0.3) is 5.91 Å². The molecular weight excluding hydrogens is 278 g/mol. The van der Waals surface area contributed by atoms with Crippen molar-refractivity contribution < 1.29 is 14.3 Å². The van der Waals surface area contributed by atoms with Crippen LogP contribution in [0.4, 0.5) is 0 Å². The third-order valence-electron chi connectivity index (χ3n) is 4.03. The van der Waals surface area contributed by atoms with Crippen LogP contribution < -0.4 is 0 Å². The maximum absolute atomic E-state index is 12.9. The minimum absolute atomic E-state index is 0.0867. The van der Waals surface area contributed by atoms with Gasteiger partial charge in [-0.05, 0) is 37.3 Å². The zero-order chi connectivity index (χ0) is 15.8. The Morgan fingerprint density at radius 3 is 2.86 bits per heavy atom. The van der Waals surface area contributed by atoms with Crippen LogP contribution in [0.3, 0.4) is 0 Å². The van der Waals surface area contributed by atoms with Crippen LogP contribution in [0.15, 0.2) is 24.3 Å². The molecule has 1 heterocycles. The summed E-state index contributed by atoms with van der Waals surface area (Å²) in [5.41, 5.74) is 1.69. The van der Waals surface area contributed by atoms with E-state index < -0.39 is 0 Å². The number of carbonyl (C=O) groups is 1. The summed E-state index contributed by atoms with van der Waals surface area (Å²) in [6, 6.07) is 7.70. The number of ether oxygens (including phenoxy) is 2. The molecule has 4 nitrogen and oxygen atoms in total. The van der Waals surface area contributed by atoms with Crippen molar-refractivity contribution in [2.45, 2.75) is 45.3 Å². The van der Waals surface area contributed by atoms with Crippen LogP contribution in [0, 0.1) is 0 Å². The number of amides is 1. The predicted octanol–water partition coefficient (Wildman–Crippen LogP) is 3.25. The highest BCUT2D eigenvalue weighted by molar-refractivity contribution is 5.95. The average molecular weight is 305 g/mol. The molecule has 0 saturated carbocycles. The van der Waals surface area contributed by atoms with Crippen LogP contribution in [-0.4, -0.2) is 43.7 Å². The van der Waals surface area contributed by atoms with Crippen molar-refractivity contribution in [1.82, 2.24) is 4.90 Å². The monoisotopic (exact) mass is 305 g/mol. The van der Waals surface area contributed by atoms with E-state index in [0.29, 0.717) is 13.2 Å². The first-order chi connectivity index (χ1) is 10.8. The molecule has 0 aromatic heterocycles. The standard InChI is InChI=1S/C18H27NO3/c1-3-11-19(13-16-9-6-7-12-22-16)18(20)17-10-5-4-8-15(17)14-21-2/h4-5,8,10,16H,3,6-7,9,11-14H2,1-2H3. The van der Waals surface area contributed by atoms with E-state index in [1.807, 2.05) is 29.2 Å². The number of hydrogen-bond acceptors (Lipinski definition) is 3. The van der Waals surface area contributed by atoms with Gasteiger partial charge >= 0.3 is 0 Å². The van der Waals surface area contributed by atoms with Gasteiger partial charge in [0, 0.05) is 32.4 Å². The molecule has 4 heteroatoms. The molecule has 1 aromatic rings. The van der Waals surface area contributed by atoms with E-state index in [2.05, 4.69) is 6.92 Å². The summed E-state index contributed by atoms with van der Waals surface area (Å²) in [6.45, 7) is 4.83. The van der Waals surface area contributed by atoms with Crippen molar-refractivity contribution in [3.05, 3.63) is 35.4 Å². The Kier molecular flexibility index (Phi) is 6.87. The molecule has 1 saturated heterocycles. The lowest BCUT2D eigenvalue weighted by molar-refractivity contribution is -0.00389. The van der Waals surface area contributed by atoms with Crippen molar-refractivity contribution in [2.75, 3.05) is 26.8 Å². The van der Waals surface area contributed by atoms with Crippen LogP contribution in [0.5, 0.6) is 0 Å². The van der Waals surface area contributed by atoms with E-state index in [1.165, 1.54) is 6.42 Å². The lowest BCUT2D eigenvalue weighted by Gasteiger charge is -2.30. The zero-order valence-corrected chi connectivity index (χ0v) is 13.7. The van der Waals surface area contributed by atoms with Gasteiger partial charge in [-0.25, -0.2) is 0 Å².